The molecule has 2 amide bonds. The number of nitrogens with two attached hydrogens (primary N) is 1. The van der Waals surface area contributed by atoms with Gasteiger partial charge >= 0.3 is 6.03 Å². The Hall–Kier alpha value is -3.13. The molecule has 0 radical (unpaired) electrons. The summed E-state index contributed by atoms with van der Waals surface area (Å²) in [5.74, 6) is 1.67. The van der Waals surface area contributed by atoms with Crippen LogP contribution in [0.1, 0.15) is 0 Å². The molecule has 0 atom stereocenters. The molecule has 1 aromatic heterocycles. The number of fused-ring (bicyclic) bond motifs is 1. The third-order valence-electron chi connectivity index (χ3n) is 2.78. The molecule has 1 heterocycles. The molecule has 3 aromatic rings. The Morgan fingerprint density at radius 2 is 1.67 bits per heavy atom. The molecule has 0 fully saturated rings. The smallest absolute Gasteiger partial charge is 0.325 e. The molecule has 0 saturated carbocycles. The summed E-state index contributed by atoms with van der Waals surface area (Å²) in [6.07, 6.45) is 1.76. The molecule has 7 nitrogen and oxygen atoms in total. The van der Waals surface area contributed by atoms with Crippen molar-refractivity contribution in [1.29, 1.82) is 0 Å². The number of ether oxygens (including phenoxy) is 1. The van der Waals surface area contributed by atoms with Crippen molar-refractivity contribution in [3.05, 3.63) is 66.9 Å². The summed E-state index contributed by atoms with van der Waals surface area (Å²) in [5.41, 5.74) is 5.30. The molecule has 0 spiro atoms. The SMILES string of the molecule is NC(=O)N[SH](=O)=O.c1ccc(Oc2ccnc3ccccc23)cc1. The second kappa shape index (κ2) is 8.49. The number of urea groups is 1. The van der Waals surface area contributed by atoms with E-state index in [9.17, 15) is 13.2 Å². The molecule has 24 heavy (non-hydrogen) atoms. The zero-order valence-corrected chi connectivity index (χ0v) is 13.4. The molecule has 0 unspecified atom stereocenters. The van der Waals surface area contributed by atoms with Crippen molar-refractivity contribution in [3.63, 3.8) is 0 Å². The van der Waals surface area contributed by atoms with Gasteiger partial charge in [0.1, 0.15) is 11.5 Å². The first-order chi connectivity index (χ1) is 11.6. The lowest BCUT2D eigenvalue weighted by atomic mass is 10.2. The molecule has 124 valence electrons. The average Bonchev–Trinajstić information content (AvgIpc) is 2.55. The Kier molecular flexibility index (Phi) is 6.09. The number of pyridine rings is 1. The number of rotatable bonds is 3. The maximum atomic E-state index is 9.54. The van der Waals surface area contributed by atoms with Crippen LogP contribution >= 0.6 is 0 Å². The Morgan fingerprint density at radius 1 is 1.00 bits per heavy atom. The molecule has 8 heteroatoms. The number of primary amides is 1. The summed E-state index contributed by atoms with van der Waals surface area (Å²) in [6.45, 7) is 0. The number of benzene rings is 2. The predicted octanol–water partition coefficient (Wildman–Crippen LogP) is 2.21. The third-order valence-corrected chi connectivity index (χ3v) is 3.18. The first-order valence-corrected chi connectivity index (χ1v) is 8.01. The number of para-hydroxylation sites is 2. The topological polar surface area (TPSA) is 111 Å². The van der Waals surface area contributed by atoms with Crippen LogP contribution in [-0.4, -0.2) is 19.4 Å². The highest BCUT2D eigenvalue weighted by Crippen LogP contribution is 2.28. The van der Waals surface area contributed by atoms with Gasteiger partial charge in [0.15, 0.2) is 0 Å². The van der Waals surface area contributed by atoms with E-state index in [0.29, 0.717) is 0 Å². The minimum absolute atomic E-state index is 0.835. The van der Waals surface area contributed by atoms with E-state index in [0.717, 1.165) is 22.4 Å². The second-order valence-electron chi connectivity index (χ2n) is 4.47. The highest BCUT2D eigenvalue weighted by molar-refractivity contribution is 7.70. The normalized spacial score (nSPS) is 9.88. The molecule has 0 saturated heterocycles. The van der Waals surface area contributed by atoms with E-state index < -0.39 is 16.9 Å². The highest BCUT2D eigenvalue weighted by Gasteiger charge is 2.02. The average molecular weight is 345 g/mol. The lowest BCUT2D eigenvalue weighted by Gasteiger charge is -2.07. The van der Waals surface area contributed by atoms with E-state index in [1.54, 1.807) is 6.20 Å². The van der Waals surface area contributed by atoms with Crippen LogP contribution in [0.5, 0.6) is 11.5 Å². The quantitative estimate of drug-likeness (QED) is 0.630. The number of carbonyl (C=O) groups is 1. The lowest BCUT2D eigenvalue weighted by Crippen LogP contribution is -2.27. The van der Waals surface area contributed by atoms with Gasteiger partial charge in [-0.3, -0.25) is 4.98 Å². The van der Waals surface area contributed by atoms with Gasteiger partial charge in [0, 0.05) is 11.6 Å². The molecule has 0 aliphatic heterocycles. The van der Waals surface area contributed by atoms with Crippen LogP contribution in [-0.2, 0) is 10.9 Å². The van der Waals surface area contributed by atoms with E-state index in [2.05, 4.69) is 10.7 Å². The number of hydrogen-bond donors (Lipinski definition) is 3. The number of amides is 2. The van der Waals surface area contributed by atoms with Crippen molar-refractivity contribution >= 4 is 27.8 Å². The summed E-state index contributed by atoms with van der Waals surface area (Å²) >= 11 is 0. The van der Waals surface area contributed by atoms with Crippen LogP contribution < -0.4 is 15.2 Å². The largest absolute Gasteiger partial charge is 0.457 e. The molecule has 0 bridgehead atoms. The van der Waals surface area contributed by atoms with Crippen LogP contribution in [0.15, 0.2) is 66.9 Å². The first-order valence-electron chi connectivity index (χ1n) is 6.83. The van der Waals surface area contributed by atoms with E-state index in [4.69, 9.17) is 4.74 Å². The van der Waals surface area contributed by atoms with E-state index in [1.165, 1.54) is 4.72 Å². The van der Waals surface area contributed by atoms with Crippen LogP contribution in [0.4, 0.5) is 4.79 Å². The Labute approximate surface area is 140 Å². The number of carbonyl (C=O) groups excluding carboxylic acids is 1. The van der Waals surface area contributed by atoms with Gasteiger partial charge in [-0.15, -0.1) is 0 Å². The molecule has 0 aliphatic carbocycles. The summed E-state index contributed by atoms with van der Waals surface area (Å²) < 4.78 is 26.1. The van der Waals surface area contributed by atoms with Gasteiger partial charge in [-0.1, -0.05) is 30.3 Å². The maximum absolute atomic E-state index is 9.54. The van der Waals surface area contributed by atoms with Gasteiger partial charge in [0.2, 0.25) is 10.9 Å². The minimum atomic E-state index is -2.86. The maximum Gasteiger partial charge on any atom is 0.325 e. The fraction of sp³-hybridized carbons (Fsp3) is 0. The van der Waals surface area contributed by atoms with Crippen molar-refractivity contribution in [2.24, 2.45) is 5.73 Å². The summed E-state index contributed by atoms with van der Waals surface area (Å²) in [4.78, 5) is 13.8. The fourth-order valence-electron chi connectivity index (χ4n) is 1.86. The molecule has 2 aromatic carbocycles. The lowest BCUT2D eigenvalue weighted by molar-refractivity contribution is 0.254. The summed E-state index contributed by atoms with van der Waals surface area (Å²) in [7, 11) is -2.86. The molecular weight excluding hydrogens is 330 g/mol. The number of nitrogens with zero attached hydrogens (tertiary/aromatic N) is 1. The molecule has 3 rings (SSSR count). The van der Waals surface area contributed by atoms with Crippen molar-refractivity contribution in [3.8, 4) is 11.5 Å². The van der Waals surface area contributed by atoms with Crippen molar-refractivity contribution in [2.75, 3.05) is 0 Å². The summed E-state index contributed by atoms with van der Waals surface area (Å²) in [6, 6.07) is 18.5. The van der Waals surface area contributed by atoms with E-state index in [-0.39, 0.29) is 0 Å². The molecule has 3 N–H and O–H groups in total. The predicted molar refractivity (Wildman–Crippen MR) is 91.3 cm³/mol. The van der Waals surface area contributed by atoms with Crippen molar-refractivity contribution in [2.45, 2.75) is 0 Å². The minimum Gasteiger partial charge on any atom is -0.457 e. The number of nitrogens with one attached hydrogen (secondary N) is 1. The van der Waals surface area contributed by atoms with Gasteiger partial charge in [-0.2, -0.15) is 0 Å². The number of aromatic nitrogens is 1. The van der Waals surface area contributed by atoms with E-state index >= 15 is 0 Å². The van der Waals surface area contributed by atoms with E-state index in [1.807, 2.05) is 60.7 Å². The summed E-state index contributed by atoms with van der Waals surface area (Å²) in [5, 5.41) is 1.03. The van der Waals surface area contributed by atoms with Crippen LogP contribution in [0, 0.1) is 0 Å². The highest BCUT2D eigenvalue weighted by atomic mass is 32.2. The number of thiol groups is 1. The van der Waals surface area contributed by atoms with Crippen molar-refractivity contribution in [1.82, 2.24) is 9.71 Å². The van der Waals surface area contributed by atoms with Crippen LogP contribution in [0.2, 0.25) is 0 Å². The standard InChI is InChI=1S/C15H11NO.CH4N2O3S/c1-2-6-12(7-3-1)17-15-10-11-16-14-9-5-4-8-13(14)15;2-1(4)3-7(5)6/h1-11H;7H,(H3,2,3,4,5,6). The first kappa shape index (κ1) is 17.2. The third kappa shape index (κ3) is 5.25. The Bertz CT molecular complexity index is 885. The van der Waals surface area contributed by atoms with Gasteiger partial charge in [-0.05, 0) is 30.3 Å². The molecular formula is C16H15N3O4S. The van der Waals surface area contributed by atoms with Crippen LogP contribution in [0.3, 0.4) is 0 Å². The Balaban J connectivity index is 0.000000256. The Morgan fingerprint density at radius 3 is 2.29 bits per heavy atom. The molecule has 0 aliphatic rings. The fourth-order valence-corrected chi connectivity index (χ4v) is 2.04. The van der Waals surface area contributed by atoms with Gasteiger partial charge in [-0.25, -0.2) is 17.9 Å². The monoisotopic (exact) mass is 345 g/mol. The van der Waals surface area contributed by atoms with Gasteiger partial charge in [0.25, 0.3) is 0 Å². The van der Waals surface area contributed by atoms with Crippen LogP contribution in [0.25, 0.3) is 10.9 Å². The second-order valence-corrected chi connectivity index (χ2v) is 5.21. The van der Waals surface area contributed by atoms with Gasteiger partial charge < -0.3 is 10.5 Å². The van der Waals surface area contributed by atoms with Gasteiger partial charge in [0.05, 0.1) is 5.52 Å². The zero-order valence-electron chi connectivity index (χ0n) is 12.5. The number of hydrogen-bond acceptors (Lipinski definition) is 5. The zero-order chi connectivity index (χ0) is 17.4. The van der Waals surface area contributed by atoms with Crippen molar-refractivity contribution < 1.29 is 17.9 Å².